The molecule has 0 saturated heterocycles. The van der Waals surface area contributed by atoms with E-state index < -0.39 is 0 Å². The molecule has 0 radical (unpaired) electrons. The smallest absolute Gasteiger partial charge is 0.260 e. The summed E-state index contributed by atoms with van der Waals surface area (Å²) in [6.45, 7) is 0. The average Bonchev–Trinajstić information content (AvgIpc) is 2.89. The molecule has 0 amide bonds. The van der Waals surface area contributed by atoms with Gasteiger partial charge < -0.3 is 10.3 Å². The number of thiazole rings is 1. The van der Waals surface area contributed by atoms with Crippen molar-refractivity contribution in [1.29, 1.82) is 0 Å². The van der Waals surface area contributed by atoms with Gasteiger partial charge in [-0.25, -0.2) is 4.98 Å². The maximum atomic E-state index is 12.5. The fourth-order valence-corrected chi connectivity index (χ4v) is 2.70. The minimum Gasteiger partial charge on any atom is -0.375 e. The van der Waals surface area contributed by atoms with E-state index in [4.69, 9.17) is 5.73 Å². The monoisotopic (exact) mass is 283 g/mol. The molecule has 100 valence electrons. The fraction of sp³-hybridized carbons (Fsp3) is 0.0667. The lowest BCUT2D eigenvalue weighted by molar-refractivity contribution is 0.872. The topological polar surface area (TPSA) is 60.9 Å². The Balaban J connectivity index is 2.15. The van der Waals surface area contributed by atoms with Gasteiger partial charge in [-0.3, -0.25) is 4.79 Å². The first kappa shape index (κ1) is 12.6. The van der Waals surface area contributed by atoms with Crippen LogP contribution in [0.4, 0.5) is 5.13 Å². The van der Waals surface area contributed by atoms with Gasteiger partial charge in [0.05, 0.1) is 17.0 Å². The molecule has 20 heavy (non-hydrogen) atoms. The van der Waals surface area contributed by atoms with Crippen LogP contribution in [-0.4, -0.2) is 9.55 Å². The minimum absolute atomic E-state index is 0.0725. The van der Waals surface area contributed by atoms with E-state index in [1.54, 1.807) is 23.1 Å². The van der Waals surface area contributed by atoms with Gasteiger partial charge in [-0.05, 0) is 17.7 Å². The number of nitrogen functional groups attached to an aromatic ring is 1. The van der Waals surface area contributed by atoms with Crippen LogP contribution in [0.5, 0.6) is 0 Å². The zero-order valence-electron chi connectivity index (χ0n) is 10.9. The number of pyridine rings is 1. The van der Waals surface area contributed by atoms with Gasteiger partial charge in [0.1, 0.15) is 0 Å². The van der Waals surface area contributed by atoms with E-state index in [1.165, 1.54) is 11.3 Å². The van der Waals surface area contributed by atoms with Gasteiger partial charge in [0.15, 0.2) is 5.13 Å². The highest BCUT2D eigenvalue weighted by atomic mass is 32.1. The molecule has 0 unspecified atom stereocenters. The number of nitrogens with two attached hydrogens (primary N) is 1. The van der Waals surface area contributed by atoms with Crippen molar-refractivity contribution in [2.75, 3.05) is 5.73 Å². The largest absolute Gasteiger partial charge is 0.375 e. The Morgan fingerprint density at radius 2 is 1.90 bits per heavy atom. The van der Waals surface area contributed by atoms with Crippen molar-refractivity contribution in [1.82, 2.24) is 9.55 Å². The van der Waals surface area contributed by atoms with E-state index in [-0.39, 0.29) is 5.56 Å². The summed E-state index contributed by atoms with van der Waals surface area (Å²) in [6.07, 6.45) is 0. The highest BCUT2D eigenvalue weighted by Crippen LogP contribution is 2.23. The Morgan fingerprint density at radius 3 is 2.55 bits per heavy atom. The third-order valence-electron chi connectivity index (χ3n) is 3.17. The molecule has 0 fully saturated rings. The Morgan fingerprint density at radius 1 is 1.15 bits per heavy atom. The summed E-state index contributed by atoms with van der Waals surface area (Å²) in [7, 11) is 1.77. The molecular formula is C15H13N3OS. The first-order chi connectivity index (χ1) is 9.66. The molecule has 2 heterocycles. The van der Waals surface area contributed by atoms with Crippen molar-refractivity contribution in [2.45, 2.75) is 0 Å². The summed E-state index contributed by atoms with van der Waals surface area (Å²) in [4.78, 5) is 16.6. The number of anilines is 1. The van der Waals surface area contributed by atoms with Gasteiger partial charge in [-0.1, -0.05) is 30.3 Å². The Hall–Kier alpha value is -2.40. The summed E-state index contributed by atoms with van der Waals surface area (Å²) in [5.74, 6) is 0. The Bertz CT molecular complexity index is 805. The van der Waals surface area contributed by atoms with E-state index in [1.807, 2.05) is 36.4 Å². The van der Waals surface area contributed by atoms with E-state index in [2.05, 4.69) is 4.98 Å². The van der Waals surface area contributed by atoms with Crippen LogP contribution < -0.4 is 11.3 Å². The molecule has 1 aromatic carbocycles. The second-order valence-corrected chi connectivity index (χ2v) is 5.32. The maximum Gasteiger partial charge on any atom is 0.260 e. The molecule has 0 bridgehead atoms. The molecule has 0 atom stereocenters. The van der Waals surface area contributed by atoms with Gasteiger partial charge in [0.25, 0.3) is 5.56 Å². The molecule has 0 aliphatic rings. The molecule has 0 saturated carbocycles. The average molecular weight is 283 g/mol. The van der Waals surface area contributed by atoms with Crippen molar-refractivity contribution in [2.24, 2.45) is 7.05 Å². The zero-order chi connectivity index (χ0) is 14.1. The lowest BCUT2D eigenvalue weighted by Gasteiger charge is -2.09. The predicted molar refractivity (Wildman–Crippen MR) is 82.6 cm³/mol. The van der Waals surface area contributed by atoms with Crippen LogP contribution in [0.2, 0.25) is 0 Å². The van der Waals surface area contributed by atoms with Gasteiger partial charge in [-0.2, -0.15) is 0 Å². The van der Waals surface area contributed by atoms with E-state index in [9.17, 15) is 4.79 Å². The first-order valence-electron chi connectivity index (χ1n) is 6.13. The number of benzene rings is 1. The molecule has 4 nitrogen and oxygen atoms in total. The van der Waals surface area contributed by atoms with Crippen LogP contribution in [0.3, 0.4) is 0 Å². The van der Waals surface area contributed by atoms with Crippen molar-refractivity contribution >= 4 is 16.5 Å². The normalized spacial score (nSPS) is 10.7. The summed E-state index contributed by atoms with van der Waals surface area (Å²) in [5, 5.41) is 2.27. The minimum atomic E-state index is -0.0725. The van der Waals surface area contributed by atoms with Gasteiger partial charge in [0.2, 0.25) is 0 Å². The van der Waals surface area contributed by atoms with E-state index in [0.29, 0.717) is 16.4 Å². The molecular weight excluding hydrogens is 270 g/mol. The lowest BCUT2D eigenvalue weighted by Crippen LogP contribution is -2.20. The number of nitrogens with zero attached hydrogens (tertiary/aromatic N) is 2. The summed E-state index contributed by atoms with van der Waals surface area (Å²) in [5.41, 5.74) is 8.64. The SMILES string of the molecule is Cn1c(-c2ccccc2)ccc(-c2csc(N)n2)c1=O. The Labute approximate surface area is 120 Å². The summed E-state index contributed by atoms with van der Waals surface area (Å²) in [6, 6.07) is 13.6. The predicted octanol–water partition coefficient (Wildman–Crippen LogP) is 2.76. The highest BCUT2D eigenvalue weighted by molar-refractivity contribution is 7.13. The quantitative estimate of drug-likeness (QED) is 0.786. The summed E-state index contributed by atoms with van der Waals surface area (Å²) >= 11 is 1.33. The van der Waals surface area contributed by atoms with E-state index >= 15 is 0 Å². The first-order valence-corrected chi connectivity index (χ1v) is 7.01. The number of hydrogen-bond donors (Lipinski definition) is 1. The molecule has 3 aromatic rings. The van der Waals surface area contributed by atoms with Crippen molar-refractivity contribution in [3.63, 3.8) is 0 Å². The molecule has 0 aliphatic heterocycles. The molecule has 2 N–H and O–H groups in total. The zero-order valence-corrected chi connectivity index (χ0v) is 11.7. The summed E-state index contributed by atoms with van der Waals surface area (Å²) < 4.78 is 1.64. The van der Waals surface area contributed by atoms with Gasteiger partial charge in [0, 0.05) is 12.4 Å². The van der Waals surface area contributed by atoms with Gasteiger partial charge >= 0.3 is 0 Å². The van der Waals surface area contributed by atoms with Crippen LogP contribution in [-0.2, 0) is 7.05 Å². The van der Waals surface area contributed by atoms with Gasteiger partial charge in [-0.15, -0.1) is 11.3 Å². The van der Waals surface area contributed by atoms with E-state index in [0.717, 1.165) is 11.3 Å². The molecule has 5 heteroatoms. The number of aromatic nitrogens is 2. The third kappa shape index (κ3) is 2.12. The second kappa shape index (κ2) is 4.94. The lowest BCUT2D eigenvalue weighted by atomic mass is 10.1. The molecule has 0 aliphatic carbocycles. The Kier molecular flexibility index (Phi) is 3.12. The van der Waals surface area contributed by atoms with Crippen LogP contribution in [0.25, 0.3) is 22.5 Å². The fourth-order valence-electron chi connectivity index (χ4n) is 2.14. The van der Waals surface area contributed by atoms with Crippen LogP contribution in [0.1, 0.15) is 0 Å². The second-order valence-electron chi connectivity index (χ2n) is 4.43. The standard InChI is InChI=1S/C15H13N3OS/c1-18-13(10-5-3-2-4-6-10)8-7-11(14(18)19)12-9-20-15(16)17-12/h2-9H,1H3,(H2,16,17). The molecule has 3 rings (SSSR count). The highest BCUT2D eigenvalue weighted by Gasteiger charge is 2.11. The van der Waals surface area contributed by atoms with Crippen molar-refractivity contribution in [3.05, 3.63) is 58.2 Å². The molecule has 0 spiro atoms. The van der Waals surface area contributed by atoms with Crippen molar-refractivity contribution in [3.8, 4) is 22.5 Å². The van der Waals surface area contributed by atoms with Crippen LogP contribution in [0.15, 0.2) is 52.6 Å². The number of rotatable bonds is 2. The van der Waals surface area contributed by atoms with Crippen LogP contribution in [0, 0.1) is 0 Å². The maximum absolute atomic E-state index is 12.5. The molecule has 2 aromatic heterocycles. The van der Waals surface area contributed by atoms with Crippen molar-refractivity contribution < 1.29 is 0 Å². The van der Waals surface area contributed by atoms with Crippen LogP contribution >= 0.6 is 11.3 Å². The third-order valence-corrected chi connectivity index (χ3v) is 3.85. The number of hydrogen-bond acceptors (Lipinski definition) is 4.